The van der Waals surface area contributed by atoms with Gasteiger partial charge in [0.05, 0.1) is 11.0 Å². The van der Waals surface area contributed by atoms with E-state index in [4.69, 9.17) is 17.0 Å². The molecule has 3 rings (SSSR count). The predicted molar refractivity (Wildman–Crippen MR) is 75.4 cm³/mol. The van der Waals surface area contributed by atoms with Crippen molar-refractivity contribution in [2.45, 2.75) is 26.3 Å². The van der Waals surface area contributed by atoms with Crippen molar-refractivity contribution in [3.05, 3.63) is 28.5 Å². The summed E-state index contributed by atoms with van der Waals surface area (Å²) in [5.41, 5.74) is 3.63. The van der Waals surface area contributed by atoms with Gasteiger partial charge in [0, 0.05) is 19.8 Å². The molecule has 2 aromatic rings. The Labute approximate surface area is 112 Å². The lowest BCUT2D eigenvalue weighted by atomic mass is 10.0. The average Bonchev–Trinajstić information content (AvgIpc) is 2.66. The number of aromatic amines is 1. The number of aryl methyl sites for hydroxylation is 1. The van der Waals surface area contributed by atoms with Crippen LogP contribution in [-0.2, 0) is 11.3 Å². The first-order valence-electron chi connectivity index (χ1n) is 6.51. The first kappa shape index (κ1) is 11.9. The number of fused-ring (bicyclic) bond motifs is 1. The minimum Gasteiger partial charge on any atom is -0.381 e. The first-order valence-corrected chi connectivity index (χ1v) is 6.92. The van der Waals surface area contributed by atoms with Crippen molar-refractivity contribution in [3.8, 4) is 0 Å². The third kappa shape index (κ3) is 2.22. The normalized spacial score (nSPS) is 17.4. The van der Waals surface area contributed by atoms with Gasteiger partial charge in [-0.1, -0.05) is 6.07 Å². The van der Waals surface area contributed by atoms with Gasteiger partial charge in [0.15, 0.2) is 4.77 Å². The molecule has 0 amide bonds. The molecule has 0 saturated carbocycles. The molecule has 96 valence electrons. The second-order valence-corrected chi connectivity index (χ2v) is 5.50. The fraction of sp³-hybridized carbons (Fsp3) is 0.500. The van der Waals surface area contributed by atoms with E-state index in [0.717, 1.165) is 42.9 Å². The van der Waals surface area contributed by atoms with Crippen LogP contribution in [0.25, 0.3) is 11.0 Å². The van der Waals surface area contributed by atoms with Crippen LogP contribution in [0.3, 0.4) is 0 Å². The molecule has 1 aliphatic heterocycles. The van der Waals surface area contributed by atoms with Crippen molar-refractivity contribution >= 4 is 23.3 Å². The van der Waals surface area contributed by atoms with Gasteiger partial charge in [-0.05, 0) is 55.6 Å². The number of H-pyrrole nitrogens is 1. The topological polar surface area (TPSA) is 29.9 Å². The van der Waals surface area contributed by atoms with Crippen LogP contribution >= 0.6 is 12.2 Å². The highest BCUT2D eigenvalue weighted by atomic mass is 32.1. The van der Waals surface area contributed by atoms with E-state index in [1.807, 2.05) is 0 Å². The summed E-state index contributed by atoms with van der Waals surface area (Å²) in [6.45, 7) is 4.89. The molecule has 1 aliphatic rings. The van der Waals surface area contributed by atoms with E-state index >= 15 is 0 Å². The third-order valence-corrected chi connectivity index (χ3v) is 4.03. The lowest BCUT2D eigenvalue weighted by molar-refractivity contribution is 0.0615. The van der Waals surface area contributed by atoms with Gasteiger partial charge in [-0.15, -0.1) is 0 Å². The van der Waals surface area contributed by atoms with Gasteiger partial charge in [0.2, 0.25) is 0 Å². The first-order chi connectivity index (χ1) is 8.74. The summed E-state index contributed by atoms with van der Waals surface area (Å²) in [7, 11) is 0. The van der Waals surface area contributed by atoms with E-state index in [2.05, 4.69) is 34.7 Å². The molecule has 0 unspecified atom stereocenters. The average molecular weight is 262 g/mol. The Balaban J connectivity index is 1.95. The van der Waals surface area contributed by atoms with Gasteiger partial charge >= 0.3 is 0 Å². The summed E-state index contributed by atoms with van der Waals surface area (Å²) < 4.78 is 8.48. The molecule has 0 bridgehead atoms. The monoisotopic (exact) mass is 262 g/mol. The summed E-state index contributed by atoms with van der Waals surface area (Å²) in [5.74, 6) is 0.686. The second kappa shape index (κ2) is 4.86. The van der Waals surface area contributed by atoms with E-state index in [-0.39, 0.29) is 0 Å². The number of benzene rings is 1. The molecular formula is C14H18N2OS. The van der Waals surface area contributed by atoms with Crippen LogP contribution in [0.5, 0.6) is 0 Å². The fourth-order valence-electron chi connectivity index (χ4n) is 2.65. The molecule has 2 heterocycles. The second-order valence-electron chi connectivity index (χ2n) is 5.12. The molecule has 18 heavy (non-hydrogen) atoms. The summed E-state index contributed by atoms with van der Waals surface area (Å²) in [6.07, 6.45) is 2.28. The number of ether oxygens (including phenoxy) is 1. The molecule has 1 N–H and O–H groups in total. The SMILES string of the molecule is Cc1ccc2c(c1)[nH]c(=S)n2CC1CCOCC1. The fourth-order valence-corrected chi connectivity index (χ4v) is 2.93. The van der Waals surface area contributed by atoms with Crippen molar-refractivity contribution < 1.29 is 4.74 Å². The van der Waals surface area contributed by atoms with Gasteiger partial charge in [-0.25, -0.2) is 0 Å². The maximum Gasteiger partial charge on any atom is 0.178 e. The Bertz CT molecular complexity index is 608. The Morgan fingerprint density at radius 3 is 2.94 bits per heavy atom. The summed E-state index contributed by atoms with van der Waals surface area (Å²) in [5, 5.41) is 0. The van der Waals surface area contributed by atoms with E-state index in [9.17, 15) is 0 Å². The number of imidazole rings is 1. The smallest absolute Gasteiger partial charge is 0.178 e. The summed E-state index contributed by atoms with van der Waals surface area (Å²) in [4.78, 5) is 3.30. The van der Waals surface area contributed by atoms with Crippen LogP contribution in [0.2, 0.25) is 0 Å². The van der Waals surface area contributed by atoms with Crippen molar-refractivity contribution in [1.29, 1.82) is 0 Å². The molecule has 0 aliphatic carbocycles. The Hall–Kier alpha value is -1.13. The highest BCUT2D eigenvalue weighted by Crippen LogP contribution is 2.21. The number of nitrogens with zero attached hydrogens (tertiary/aromatic N) is 1. The molecule has 1 aromatic heterocycles. The molecule has 1 aromatic carbocycles. The van der Waals surface area contributed by atoms with Crippen LogP contribution in [0.15, 0.2) is 18.2 Å². The van der Waals surface area contributed by atoms with Crippen LogP contribution < -0.4 is 0 Å². The maximum absolute atomic E-state index is 5.44. The zero-order valence-electron chi connectivity index (χ0n) is 10.6. The highest BCUT2D eigenvalue weighted by molar-refractivity contribution is 7.71. The van der Waals surface area contributed by atoms with E-state index < -0.39 is 0 Å². The van der Waals surface area contributed by atoms with Gasteiger partial charge in [0.1, 0.15) is 0 Å². The van der Waals surface area contributed by atoms with Gasteiger partial charge in [-0.3, -0.25) is 0 Å². The number of aromatic nitrogens is 2. The molecule has 4 heteroatoms. The zero-order valence-corrected chi connectivity index (χ0v) is 11.4. The minimum absolute atomic E-state index is 0.686. The Morgan fingerprint density at radius 2 is 2.17 bits per heavy atom. The van der Waals surface area contributed by atoms with Crippen LogP contribution in [0, 0.1) is 17.6 Å². The lowest BCUT2D eigenvalue weighted by Gasteiger charge is -2.22. The molecule has 3 nitrogen and oxygen atoms in total. The quantitative estimate of drug-likeness (QED) is 0.840. The van der Waals surface area contributed by atoms with Crippen molar-refractivity contribution in [1.82, 2.24) is 9.55 Å². The van der Waals surface area contributed by atoms with E-state index in [0.29, 0.717) is 5.92 Å². The van der Waals surface area contributed by atoms with Gasteiger partial charge in [0.25, 0.3) is 0 Å². The largest absolute Gasteiger partial charge is 0.381 e. The lowest BCUT2D eigenvalue weighted by Crippen LogP contribution is -2.20. The number of hydrogen-bond donors (Lipinski definition) is 1. The van der Waals surface area contributed by atoms with Crippen LogP contribution in [-0.4, -0.2) is 22.8 Å². The molecule has 1 fully saturated rings. The highest BCUT2D eigenvalue weighted by Gasteiger charge is 2.16. The molecule has 1 saturated heterocycles. The predicted octanol–water partition coefficient (Wildman–Crippen LogP) is 3.43. The van der Waals surface area contributed by atoms with Crippen LogP contribution in [0.4, 0.5) is 0 Å². The van der Waals surface area contributed by atoms with Crippen LogP contribution in [0.1, 0.15) is 18.4 Å². The van der Waals surface area contributed by atoms with Crippen molar-refractivity contribution in [2.24, 2.45) is 5.92 Å². The molecular weight excluding hydrogens is 244 g/mol. The van der Waals surface area contributed by atoms with Gasteiger partial charge in [-0.2, -0.15) is 0 Å². The minimum atomic E-state index is 0.686. The zero-order chi connectivity index (χ0) is 12.5. The molecule has 0 radical (unpaired) electrons. The van der Waals surface area contributed by atoms with Crippen molar-refractivity contribution in [3.63, 3.8) is 0 Å². The summed E-state index contributed by atoms with van der Waals surface area (Å²) in [6, 6.07) is 6.47. The van der Waals surface area contributed by atoms with E-state index in [1.165, 1.54) is 11.1 Å². The number of hydrogen-bond acceptors (Lipinski definition) is 2. The van der Waals surface area contributed by atoms with Gasteiger partial charge < -0.3 is 14.3 Å². The standard InChI is InChI=1S/C14H18N2OS/c1-10-2-3-13-12(8-10)15-14(18)16(13)9-11-4-6-17-7-5-11/h2-3,8,11H,4-7,9H2,1H3,(H,15,18). The maximum atomic E-state index is 5.44. The Kier molecular flexibility index (Phi) is 3.22. The molecule has 0 spiro atoms. The number of rotatable bonds is 2. The Morgan fingerprint density at radius 1 is 1.39 bits per heavy atom. The van der Waals surface area contributed by atoms with E-state index in [1.54, 1.807) is 0 Å². The molecule has 0 atom stereocenters. The third-order valence-electron chi connectivity index (χ3n) is 3.71. The summed E-state index contributed by atoms with van der Waals surface area (Å²) >= 11 is 5.44. The van der Waals surface area contributed by atoms with Crippen molar-refractivity contribution in [2.75, 3.05) is 13.2 Å². The number of nitrogens with one attached hydrogen (secondary N) is 1.